The van der Waals surface area contributed by atoms with Crippen molar-refractivity contribution in [2.45, 2.75) is 18.9 Å². The van der Waals surface area contributed by atoms with Crippen molar-refractivity contribution in [3.63, 3.8) is 0 Å². The van der Waals surface area contributed by atoms with E-state index in [0.29, 0.717) is 5.95 Å². The summed E-state index contributed by atoms with van der Waals surface area (Å²) in [6.07, 6.45) is 5.26. The van der Waals surface area contributed by atoms with E-state index < -0.39 is 0 Å². The molecule has 3 rings (SSSR count). The standard InChI is InChI=1S/C14H17N5O2S/c1-21-8-12(20)19-7-2-4-11(19)10-9-22-14(17-10)18-13-15-5-3-6-16-13/h3,5-6,9,11H,2,4,7-8H2,1H3,(H,15,16,17,18)/t11-/m0/s1. The molecule has 0 bridgehead atoms. The molecule has 1 saturated heterocycles. The van der Waals surface area contributed by atoms with Crippen LogP contribution in [-0.4, -0.2) is 46.0 Å². The second kappa shape index (κ2) is 6.80. The molecule has 1 atom stereocenters. The molecule has 0 aliphatic carbocycles. The Bertz CT molecular complexity index is 633. The lowest BCUT2D eigenvalue weighted by Gasteiger charge is -2.22. The van der Waals surface area contributed by atoms with Crippen LogP contribution in [0.1, 0.15) is 24.6 Å². The van der Waals surface area contributed by atoms with Crippen LogP contribution in [0.3, 0.4) is 0 Å². The third-order valence-electron chi connectivity index (χ3n) is 3.49. The monoisotopic (exact) mass is 319 g/mol. The van der Waals surface area contributed by atoms with E-state index in [4.69, 9.17) is 4.74 Å². The Balaban J connectivity index is 1.71. The van der Waals surface area contributed by atoms with Crippen LogP contribution in [0, 0.1) is 0 Å². The van der Waals surface area contributed by atoms with Gasteiger partial charge in [-0.2, -0.15) is 0 Å². The molecule has 1 aliphatic rings. The highest BCUT2D eigenvalue weighted by atomic mass is 32.1. The molecule has 1 N–H and O–H groups in total. The van der Waals surface area contributed by atoms with E-state index in [1.165, 1.54) is 18.4 Å². The van der Waals surface area contributed by atoms with Crippen LogP contribution in [0.4, 0.5) is 11.1 Å². The number of likely N-dealkylation sites (tertiary alicyclic amines) is 1. The zero-order chi connectivity index (χ0) is 15.4. The number of nitrogens with zero attached hydrogens (tertiary/aromatic N) is 4. The summed E-state index contributed by atoms with van der Waals surface area (Å²) >= 11 is 1.49. The third-order valence-corrected chi connectivity index (χ3v) is 4.26. The quantitative estimate of drug-likeness (QED) is 0.908. The lowest BCUT2D eigenvalue weighted by Crippen LogP contribution is -2.33. The molecule has 2 aromatic rings. The number of ether oxygens (including phenoxy) is 1. The Labute approximate surface area is 132 Å². The normalized spacial score (nSPS) is 17.7. The maximum Gasteiger partial charge on any atom is 0.249 e. The number of hydrogen-bond acceptors (Lipinski definition) is 7. The number of aromatic nitrogens is 3. The molecule has 1 aliphatic heterocycles. The molecule has 2 aromatic heterocycles. The Hall–Kier alpha value is -2.06. The topological polar surface area (TPSA) is 80.2 Å². The van der Waals surface area contributed by atoms with Gasteiger partial charge < -0.3 is 15.0 Å². The lowest BCUT2D eigenvalue weighted by atomic mass is 10.2. The number of nitrogens with one attached hydrogen (secondary N) is 1. The molecule has 0 radical (unpaired) electrons. The molecule has 0 unspecified atom stereocenters. The van der Waals surface area contributed by atoms with Gasteiger partial charge in [0.2, 0.25) is 11.9 Å². The number of rotatable bonds is 5. The number of thiazole rings is 1. The smallest absolute Gasteiger partial charge is 0.249 e. The zero-order valence-electron chi connectivity index (χ0n) is 12.2. The summed E-state index contributed by atoms with van der Waals surface area (Å²) in [6, 6.07) is 1.79. The van der Waals surface area contributed by atoms with E-state index in [1.54, 1.807) is 18.5 Å². The van der Waals surface area contributed by atoms with Gasteiger partial charge in [0.15, 0.2) is 5.13 Å². The van der Waals surface area contributed by atoms with Gasteiger partial charge in [-0.1, -0.05) is 0 Å². The van der Waals surface area contributed by atoms with Crippen LogP contribution >= 0.6 is 11.3 Å². The fourth-order valence-corrected chi connectivity index (χ4v) is 3.29. The van der Waals surface area contributed by atoms with Gasteiger partial charge in [0.05, 0.1) is 11.7 Å². The van der Waals surface area contributed by atoms with Crippen molar-refractivity contribution >= 4 is 28.3 Å². The van der Waals surface area contributed by atoms with E-state index in [1.807, 2.05) is 10.3 Å². The lowest BCUT2D eigenvalue weighted by molar-refractivity contribution is -0.136. The minimum Gasteiger partial charge on any atom is -0.375 e. The molecule has 8 heteroatoms. The Kier molecular flexibility index (Phi) is 4.59. The highest BCUT2D eigenvalue weighted by molar-refractivity contribution is 7.13. The summed E-state index contributed by atoms with van der Waals surface area (Å²) in [4.78, 5) is 26.7. The van der Waals surface area contributed by atoms with E-state index in [0.717, 1.165) is 30.2 Å². The highest BCUT2D eigenvalue weighted by Crippen LogP contribution is 2.34. The maximum atomic E-state index is 12.1. The number of hydrogen-bond donors (Lipinski definition) is 1. The summed E-state index contributed by atoms with van der Waals surface area (Å²) < 4.78 is 4.95. The van der Waals surface area contributed by atoms with Crippen molar-refractivity contribution in [1.29, 1.82) is 0 Å². The first kappa shape index (κ1) is 14.9. The van der Waals surface area contributed by atoms with Gasteiger partial charge in [-0.05, 0) is 18.9 Å². The first-order valence-electron chi connectivity index (χ1n) is 7.06. The second-order valence-electron chi connectivity index (χ2n) is 4.95. The molecule has 0 saturated carbocycles. The van der Waals surface area contributed by atoms with E-state index in [-0.39, 0.29) is 18.6 Å². The van der Waals surface area contributed by atoms with Crippen LogP contribution < -0.4 is 5.32 Å². The molecule has 3 heterocycles. The summed E-state index contributed by atoms with van der Waals surface area (Å²) in [5.74, 6) is 0.529. The van der Waals surface area contributed by atoms with Gasteiger partial charge in [0.25, 0.3) is 0 Å². The van der Waals surface area contributed by atoms with Crippen LogP contribution in [0.2, 0.25) is 0 Å². The Morgan fingerprint density at radius 2 is 2.32 bits per heavy atom. The zero-order valence-corrected chi connectivity index (χ0v) is 13.0. The first-order chi connectivity index (χ1) is 10.8. The molecule has 1 fully saturated rings. The predicted molar refractivity (Wildman–Crippen MR) is 83.0 cm³/mol. The molecule has 7 nitrogen and oxygen atoms in total. The van der Waals surface area contributed by atoms with Crippen molar-refractivity contribution < 1.29 is 9.53 Å². The van der Waals surface area contributed by atoms with Gasteiger partial charge in [0, 0.05) is 31.4 Å². The van der Waals surface area contributed by atoms with Gasteiger partial charge in [-0.25, -0.2) is 15.0 Å². The number of carbonyl (C=O) groups excluding carboxylic acids is 1. The van der Waals surface area contributed by atoms with Crippen molar-refractivity contribution in [3.8, 4) is 0 Å². The Morgan fingerprint density at radius 3 is 3.09 bits per heavy atom. The van der Waals surface area contributed by atoms with Crippen molar-refractivity contribution in [2.75, 3.05) is 25.6 Å². The SMILES string of the molecule is COCC(=O)N1CCC[C@H]1c1csc(Nc2ncccn2)n1. The summed E-state index contributed by atoms with van der Waals surface area (Å²) in [6.45, 7) is 0.874. The fraction of sp³-hybridized carbons (Fsp3) is 0.429. The first-order valence-corrected chi connectivity index (χ1v) is 7.94. The molecular formula is C14H17N5O2S. The number of carbonyl (C=O) groups is 1. The van der Waals surface area contributed by atoms with Crippen LogP contribution in [-0.2, 0) is 9.53 Å². The summed E-state index contributed by atoms with van der Waals surface area (Å²) in [5.41, 5.74) is 0.908. The average molecular weight is 319 g/mol. The van der Waals surface area contributed by atoms with Gasteiger partial charge in [0.1, 0.15) is 6.61 Å². The van der Waals surface area contributed by atoms with Gasteiger partial charge in [-0.15, -0.1) is 11.3 Å². The minimum atomic E-state index is 0.0129. The molecule has 0 spiro atoms. The van der Waals surface area contributed by atoms with Gasteiger partial charge in [-0.3, -0.25) is 4.79 Å². The van der Waals surface area contributed by atoms with E-state index in [9.17, 15) is 4.79 Å². The highest BCUT2D eigenvalue weighted by Gasteiger charge is 2.31. The van der Waals surface area contributed by atoms with Gasteiger partial charge >= 0.3 is 0 Å². The summed E-state index contributed by atoms with van der Waals surface area (Å²) in [5, 5.41) is 5.78. The van der Waals surface area contributed by atoms with E-state index in [2.05, 4.69) is 20.3 Å². The predicted octanol–water partition coefficient (Wildman–Crippen LogP) is 1.99. The molecule has 1 amide bonds. The van der Waals surface area contributed by atoms with E-state index >= 15 is 0 Å². The molecule has 0 aromatic carbocycles. The molecule has 116 valence electrons. The average Bonchev–Trinajstić information content (AvgIpc) is 3.17. The third kappa shape index (κ3) is 3.23. The van der Waals surface area contributed by atoms with Crippen LogP contribution in [0.15, 0.2) is 23.8 Å². The Morgan fingerprint density at radius 1 is 1.50 bits per heavy atom. The van der Waals surface area contributed by atoms with Crippen molar-refractivity contribution in [1.82, 2.24) is 19.9 Å². The van der Waals surface area contributed by atoms with Crippen molar-refractivity contribution in [3.05, 3.63) is 29.5 Å². The number of methoxy groups -OCH3 is 1. The maximum absolute atomic E-state index is 12.1. The number of amides is 1. The van der Waals surface area contributed by atoms with Crippen LogP contribution in [0.25, 0.3) is 0 Å². The van der Waals surface area contributed by atoms with Crippen molar-refractivity contribution in [2.24, 2.45) is 0 Å². The minimum absolute atomic E-state index is 0.0129. The number of anilines is 2. The second-order valence-corrected chi connectivity index (χ2v) is 5.81. The molecule has 22 heavy (non-hydrogen) atoms. The van der Waals surface area contributed by atoms with Crippen LogP contribution in [0.5, 0.6) is 0 Å². The largest absolute Gasteiger partial charge is 0.375 e. The molecular weight excluding hydrogens is 302 g/mol. The fourth-order valence-electron chi connectivity index (χ4n) is 2.54. The summed E-state index contributed by atoms with van der Waals surface area (Å²) in [7, 11) is 1.54.